The summed E-state index contributed by atoms with van der Waals surface area (Å²) in [5.74, 6) is 0.628. The zero-order chi connectivity index (χ0) is 20.7. The van der Waals surface area contributed by atoms with Gasteiger partial charge in [-0.25, -0.2) is 0 Å². The van der Waals surface area contributed by atoms with Gasteiger partial charge in [-0.3, -0.25) is 9.59 Å². The summed E-state index contributed by atoms with van der Waals surface area (Å²) >= 11 is 0. The van der Waals surface area contributed by atoms with E-state index in [-0.39, 0.29) is 23.8 Å². The van der Waals surface area contributed by atoms with Crippen molar-refractivity contribution in [2.45, 2.75) is 39.2 Å². The molecule has 2 aromatic carbocycles. The third-order valence-electron chi connectivity index (χ3n) is 4.15. The van der Waals surface area contributed by atoms with E-state index in [1.165, 1.54) is 5.56 Å². The molecule has 2 amide bonds. The Morgan fingerprint density at radius 3 is 2.32 bits per heavy atom. The number of ether oxygens (including phenoxy) is 2. The van der Waals surface area contributed by atoms with Gasteiger partial charge in [0.05, 0.1) is 0 Å². The van der Waals surface area contributed by atoms with Crippen LogP contribution in [0.2, 0.25) is 0 Å². The lowest BCUT2D eigenvalue weighted by atomic mass is 9.87. The maximum Gasteiger partial charge on any atom is 0.265 e. The molecule has 28 heavy (non-hydrogen) atoms. The minimum absolute atomic E-state index is 0.0619. The monoisotopic (exact) mass is 384 g/mol. The van der Waals surface area contributed by atoms with E-state index in [0.29, 0.717) is 17.2 Å². The van der Waals surface area contributed by atoms with E-state index in [4.69, 9.17) is 9.47 Å². The molecule has 150 valence electrons. The summed E-state index contributed by atoms with van der Waals surface area (Å²) < 4.78 is 11.1. The van der Waals surface area contributed by atoms with Crippen molar-refractivity contribution in [1.82, 2.24) is 5.32 Å². The zero-order valence-corrected chi connectivity index (χ0v) is 17.0. The molecule has 0 bridgehead atoms. The summed E-state index contributed by atoms with van der Waals surface area (Å²) in [6.07, 6.45) is -0.670. The second-order valence-corrected chi connectivity index (χ2v) is 7.51. The predicted octanol–water partition coefficient (Wildman–Crippen LogP) is 3.51. The largest absolute Gasteiger partial charge is 0.484 e. The molecule has 2 aromatic rings. The van der Waals surface area contributed by atoms with Gasteiger partial charge in [0.15, 0.2) is 12.7 Å². The van der Waals surface area contributed by atoms with Gasteiger partial charge < -0.3 is 20.1 Å². The molecular weight excluding hydrogens is 356 g/mol. The van der Waals surface area contributed by atoms with E-state index in [0.717, 1.165) is 0 Å². The normalized spacial score (nSPS) is 12.0. The van der Waals surface area contributed by atoms with Crippen molar-refractivity contribution in [3.05, 3.63) is 54.1 Å². The molecule has 6 heteroatoms. The van der Waals surface area contributed by atoms with E-state index in [9.17, 15) is 9.59 Å². The molecule has 0 aliphatic rings. The fourth-order valence-corrected chi connectivity index (χ4v) is 2.42. The lowest BCUT2D eigenvalue weighted by Crippen LogP contribution is -2.30. The quantitative estimate of drug-likeness (QED) is 0.766. The van der Waals surface area contributed by atoms with Gasteiger partial charge in [-0.05, 0) is 42.2 Å². The van der Waals surface area contributed by atoms with Gasteiger partial charge in [0.25, 0.3) is 11.8 Å². The van der Waals surface area contributed by atoms with Crippen LogP contribution in [0.4, 0.5) is 5.69 Å². The van der Waals surface area contributed by atoms with Crippen LogP contribution in [0.25, 0.3) is 0 Å². The van der Waals surface area contributed by atoms with Gasteiger partial charge >= 0.3 is 0 Å². The molecule has 0 aliphatic carbocycles. The van der Waals surface area contributed by atoms with Crippen LogP contribution in [0.1, 0.15) is 33.3 Å². The summed E-state index contributed by atoms with van der Waals surface area (Å²) in [6.45, 7) is 8.04. The lowest BCUT2D eigenvalue weighted by Gasteiger charge is -2.20. The van der Waals surface area contributed by atoms with Crippen molar-refractivity contribution < 1.29 is 19.1 Å². The van der Waals surface area contributed by atoms with Crippen LogP contribution >= 0.6 is 0 Å². The third kappa shape index (κ3) is 6.30. The Labute approximate surface area is 166 Å². The van der Waals surface area contributed by atoms with E-state index >= 15 is 0 Å². The number of anilines is 1. The first kappa shape index (κ1) is 21.3. The summed E-state index contributed by atoms with van der Waals surface area (Å²) in [6, 6.07) is 14.6. The van der Waals surface area contributed by atoms with Crippen LogP contribution in [0.5, 0.6) is 11.5 Å². The summed E-state index contributed by atoms with van der Waals surface area (Å²) in [4.78, 5) is 23.7. The van der Waals surface area contributed by atoms with Crippen molar-refractivity contribution in [1.29, 1.82) is 0 Å². The SMILES string of the molecule is CNC(=O)COc1cccc(NC(=O)C(C)Oc2ccc(C(C)(C)C)cc2)c1. The Morgan fingerprint density at radius 2 is 1.71 bits per heavy atom. The summed E-state index contributed by atoms with van der Waals surface area (Å²) in [7, 11) is 1.54. The van der Waals surface area contributed by atoms with E-state index < -0.39 is 6.10 Å². The van der Waals surface area contributed by atoms with Crippen LogP contribution in [-0.4, -0.2) is 31.6 Å². The van der Waals surface area contributed by atoms with Crippen LogP contribution in [0, 0.1) is 0 Å². The molecule has 0 radical (unpaired) electrons. The molecule has 6 nitrogen and oxygen atoms in total. The molecule has 0 saturated carbocycles. The highest BCUT2D eigenvalue weighted by Crippen LogP contribution is 2.25. The van der Waals surface area contributed by atoms with Crippen LogP contribution in [0.3, 0.4) is 0 Å². The van der Waals surface area contributed by atoms with Gasteiger partial charge in [-0.1, -0.05) is 39.0 Å². The number of rotatable bonds is 7. The number of hydrogen-bond donors (Lipinski definition) is 2. The first-order valence-electron chi connectivity index (χ1n) is 9.20. The first-order valence-corrected chi connectivity index (χ1v) is 9.20. The standard InChI is InChI=1S/C22H28N2O4/c1-15(28-18-11-9-16(10-12-18)22(2,3)4)21(26)24-17-7-6-8-19(13-17)27-14-20(25)23-5/h6-13,15H,14H2,1-5H3,(H,23,25)(H,24,26). The van der Waals surface area contributed by atoms with E-state index in [2.05, 4.69) is 31.4 Å². The van der Waals surface area contributed by atoms with Gasteiger partial charge in [0.1, 0.15) is 11.5 Å². The van der Waals surface area contributed by atoms with Gasteiger partial charge in [0, 0.05) is 18.8 Å². The number of amides is 2. The maximum atomic E-state index is 12.4. The number of carbonyl (C=O) groups excluding carboxylic acids is 2. The molecule has 0 spiro atoms. The molecule has 0 saturated heterocycles. The summed E-state index contributed by atoms with van der Waals surface area (Å²) in [5, 5.41) is 5.28. The molecule has 1 unspecified atom stereocenters. The number of carbonyl (C=O) groups is 2. The maximum absolute atomic E-state index is 12.4. The van der Waals surface area contributed by atoms with Crippen molar-refractivity contribution in [3.8, 4) is 11.5 Å². The molecular formula is C22H28N2O4. The fraction of sp³-hybridized carbons (Fsp3) is 0.364. The number of nitrogens with one attached hydrogen (secondary N) is 2. The van der Waals surface area contributed by atoms with E-state index in [1.807, 2.05) is 24.3 Å². The Bertz CT molecular complexity index is 810. The molecule has 0 heterocycles. The Morgan fingerprint density at radius 1 is 1.04 bits per heavy atom. The number of likely N-dealkylation sites (N-methyl/N-ethyl adjacent to an activating group) is 1. The molecule has 2 N–H and O–H groups in total. The zero-order valence-electron chi connectivity index (χ0n) is 17.0. The van der Waals surface area contributed by atoms with Gasteiger partial charge in [0.2, 0.25) is 0 Å². The smallest absolute Gasteiger partial charge is 0.265 e. The Hall–Kier alpha value is -3.02. The van der Waals surface area contributed by atoms with Crippen molar-refractivity contribution in [2.75, 3.05) is 19.0 Å². The van der Waals surface area contributed by atoms with Crippen molar-refractivity contribution in [2.24, 2.45) is 0 Å². The lowest BCUT2D eigenvalue weighted by molar-refractivity contribution is -0.123. The fourth-order valence-electron chi connectivity index (χ4n) is 2.42. The highest BCUT2D eigenvalue weighted by molar-refractivity contribution is 5.94. The van der Waals surface area contributed by atoms with Crippen molar-refractivity contribution >= 4 is 17.5 Å². The highest BCUT2D eigenvalue weighted by atomic mass is 16.5. The molecule has 0 aliphatic heterocycles. The highest BCUT2D eigenvalue weighted by Gasteiger charge is 2.17. The molecule has 0 aromatic heterocycles. The topological polar surface area (TPSA) is 76.7 Å². The van der Waals surface area contributed by atoms with Gasteiger partial charge in [-0.15, -0.1) is 0 Å². The van der Waals surface area contributed by atoms with E-state index in [1.54, 1.807) is 38.2 Å². The molecule has 0 fully saturated rings. The first-order chi connectivity index (χ1) is 13.2. The number of hydrogen-bond acceptors (Lipinski definition) is 4. The minimum Gasteiger partial charge on any atom is -0.484 e. The number of benzene rings is 2. The molecule has 1 atom stereocenters. The third-order valence-corrected chi connectivity index (χ3v) is 4.15. The minimum atomic E-state index is -0.670. The van der Waals surface area contributed by atoms with Crippen LogP contribution in [-0.2, 0) is 15.0 Å². The second kappa shape index (κ2) is 9.26. The van der Waals surface area contributed by atoms with Crippen LogP contribution in [0.15, 0.2) is 48.5 Å². The molecule has 2 rings (SSSR count). The average molecular weight is 384 g/mol. The second-order valence-electron chi connectivity index (χ2n) is 7.51. The Balaban J connectivity index is 1.94. The van der Waals surface area contributed by atoms with Crippen LogP contribution < -0.4 is 20.1 Å². The Kier molecular flexibility index (Phi) is 7.04. The van der Waals surface area contributed by atoms with Crippen molar-refractivity contribution in [3.63, 3.8) is 0 Å². The summed E-state index contributed by atoms with van der Waals surface area (Å²) in [5.41, 5.74) is 1.83. The average Bonchev–Trinajstić information content (AvgIpc) is 2.66. The van der Waals surface area contributed by atoms with Gasteiger partial charge in [-0.2, -0.15) is 0 Å². The predicted molar refractivity (Wildman–Crippen MR) is 110 cm³/mol.